The number of nitrogens with one attached hydrogen (secondary N) is 1. The molecule has 3 rings (SSSR count). The molecule has 1 aliphatic rings. The number of sulfonamides is 1. The van der Waals surface area contributed by atoms with Crippen molar-refractivity contribution in [1.29, 1.82) is 0 Å². The summed E-state index contributed by atoms with van der Waals surface area (Å²) in [5.74, 6) is -1.12. The van der Waals surface area contributed by atoms with Crippen LogP contribution in [0, 0.1) is 5.92 Å². The molecule has 3 N–H and O–H groups in total. The van der Waals surface area contributed by atoms with Gasteiger partial charge in [0.15, 0.2) is 0 Å². The molecule has 7 nitrogen and oxygen atoms in total. The number of anilines is 1. The molecule has 144 valence electrons. The Kier molecular flexibility index (Phi) is 5.64. The summed E-state index contributed by atoms with van der Waals surface area (Å²) in [6.07, 6.45) is 2.06. The molecule has 0 bridgehead atoms. The van der Waals surface area contributed by atoms with Crippen LogP contribution in [0.2, 0.25) is 0 Å². The third-order valence-corrected chi connectivity index (χ3v) is 6.99. The molecule has 0 radical (unpaired) electrons. The van der Waals surface area contributed by atoms with E-state index >= 15 is 0 Å². The molecule has 1 aromatic carbocycles. The second-order valence-electron chi connectivity index (χ2n) is 6.51. The summed E-state index contributed by atoms with van der Waals surface area (Å²) in [6.45, 7) is 0.638. The van der Waals surface area contributed by atoms with E-state index in [9.17, 15) is 18.0 Å². The standard InChI is InChI=1S/C18H21N3O4S2/c1-27(24,25)21-9-7-13(8-10-21)17(23)20-18-14(16(19)22)11-15(26-18)12-5-3-2-4-6-12/h2-6,11,13H,7-10H2,1H3,(H2,19,22)(H,20,23). The van der Waals surface area contributed by atoms with Crippen molar-refractivity contribution in [2.75, 3.05) is 24.7 Å². The Labute approximate surface area is 162 Å². The van der Waals surface area contributed by atoms with E-state index in [1.54, 1.807) is 6.07 Å². The van der Waals surface area contributed by atoms with Crippen LogP contribution in [0.1, 0.15) is 23.2 Å². The highest BCUT2D eigenvalue weighted by Crippen LogP contribution is 2.36. The van der Waals surface area contributed by atoms with Crippen LogP contribution in [0.4, 0.5) is 5.00 Å². The number of amides is 2. The van der Waals surface area contributed by atoms with Gasteiger partial charge < -0.3 is 11.1 Å². The molecule has 0 aliphatic carbocycles. The highest BCUT2D eigenvalue weighted by Gasteiger charge is 2.29. The fourth-order valence-corrected chi connectivity index (χ4v) is 5.02. The van der Waals surface area contributed by atoms with Crippen LogP contribution in [-0.4, -0.2) is 43.9 Å². The van der Waals surface area contributed by atoms with Crippen LogP contribution in [0.25, 0.3) is 10.4 Å². The normalized spacial score (nSPS) is 16.2. The minimum atomic E-state index is -3.24. The second kappa shape index (κ2) is 7.79. The van der Waals surface area contributed by atoms with Crippen LogP contribution in [0.5, 0.6) is 0 Å². The summed E-state index contributed by atoms with van der Waals surface area (Å²) in [5, 5.41) is 3.24. The van der Waals surface area contributed by atoms with E-state index in [0.717, 1.165) is 10.4 Å². The van der Waals surface area contributed by atoms with E-state index in [0.29, 0.717) is 30.9 Å². The van der Waals surface area contributed by atoms with Gasteiger partial charge in [0, 0.05) is 23.9 Å². The first kappa shape index (κ1) is 19.5. The lowest BCUT2D eigenvalue weighted by Crippen LogP contribution is -2.40. The van der Waals surface area contributed by atoms with Crippen LogP contribution in [-0.2, 0) is 14.8 Å². The molecular formula is C18H21N3O4S2. The third-order valence-electron chi connectivity index (χ3n) is 4.59. The number of piperidine rings is 1. The average Bonchev–Trinajstić information content (AvgIpc) is 3.06. The summed E-state index contributed by atoms with van der Waals surface area (Å²) in [7, 11) is -3.24. The number of benzene rings is 1. The largest absolute Gasteiger partial charge is 0.366 e. The molecule has 27 heavy (non-hydrogen) atoms. The van der Waals surface area contributed by atoms with Crippen molar-refractivity contribution in [2.45, 2.75) is 12.8 Å². The third kappa shape index (κ3) is 4.55. The minimum Gasteiger partial charge on any atom is -0.366 e. The first-order chi connectivity index (χ1) is 12.8. The van der Waals surface area contributed by atoms with Gasteiger partial charge >= 0.3 is 0 Å². The van der Waals surface area contributed by atoms with Crippen molar-refractivity contribution in [3.63, 3.8) is 0 Å². The first-order valence-corrected chi connectivity index (χ1v) is 11.2. The minimum absolute atomic E-state index is 0.216. The maximum atomic E-state index is 12.6. The molecule has 0 atom stereocenters. The maximum absolute atomic E-state index is 12.6. The number of thiophene rings is 1. The van der Waals surface area contributed by atoms with Gasteiger partial charge in [0.05, 0.1) is 11.8 Å². The van der Waals surface area contributed by atoms with E-state index in [1.165, 1.54) is 21.9 Å². The van der Waals surface area contributed by atoms with Gasteiger partial charge in [-0.1, -0.05) is 30.3 Å². The molecule has 0 saturated carbocycles. The van der Waals surface area contributed by atoms with Gasteiger partial charge in [0.2, 0.25) is 15.9 Å². The number of hydrogen-bond donors (Lipinski definition) is 2. The van der Waals surface area contributed by atoms with Crippen molar-refractivity contribution in [3.05, 3.63) is 42.0 Å². The van der Waals surface area contributed by atoms with Gasteiger partial charge in [0.1, 0.15) is 5.00 Å². The van der Waals surface area contributed by atoms with E-state index in [-0.39, 0.29) is 17.4 Å². The SMILES string of the molecule is CS(=O)(=O)N1CCC(C(=O)Nc2sc(-c3ccccc3)cc2C(N)=O)CC1. The molecule has 0 spiro atoms. The van der Waals surface area contributed by atoms with Crippen molar-refractivity contribution in [2.24, 2.45) is 11.7 Å². The zero-order valence-electron chi connectivity index (χ0n) is 14.8. The quantitative estimate of drug-likeness (QED) is 0.791. The van der Waals surface area contributed by atoms with Crippen molar-refractivity contribution in [3.8, 4) is 10.4 Å². The van der Waals surface area contributed by atoms with E-state index in [4.69, 9.17) is 5.73 Å². The van der Waals surface area contributed by atoms with Crippen LogP contribution >= 0.6 is 11.3 Å². The lowest BCUT2D eigenvalue weighted by Gasteiger charge is -2.29. The van der Waals surface area contributed by atoms with Gasteiger partial charge in [-0.15, -0.1) is 11.3 Å². The number of nitrogens with zero attached hydrogens (tertiary/aromatic N) is 1. The Bertz CT molecular complexity index is 946. The number of nitrogens with two attached hydrogens (primary N) is 1. The topological polar surface area (TPSA) is 110 Å². The molecule has 1 aliphatic heterocycles. The Morgan fingerprint density at radius 3 is 2.37 bits per heavy atom. The summed E-state index contributed by atoms with van der Waals surface area (Å²) in [6, 6.07) is 11.2. The van der Waals surface area contributed by atoms with Crippen molar-refractivity contribution >= 4 is 38.2 Å². The molecule has 2 amide bonds. The van der Waals surface area contributed by atoms with Gasteiger partial charge in [-0.05, 0) is 24.5 Å². The van der Waals surface area contributed by atoms with Gasteiger partial charge in [-0.2, -0.15) is 0 Å². The maximum Gasteiger partial charge on any atom is 0.251 e. The first-order valence-electron chi connectivity index (χ1n) is 8.50. The fraction of sp³-hybridized carbons (Fsp3) is 0.333. The fourth-order valence-electron chi connectivity index (χ4n) is 3.08. The van der Waals surface area contributed by atoms with E-state index in [2.05, 4.69) is 5.32 Å². The predicted molar refractivity (Wildman–Crippen MR) is 106 cm³/mol. The summed E-state index contributed by atoms with van der Waals surface area (Å²) in [5.41, 5.74) is 6.68. The van der Waals surface area contributed by atoms with E-state index in [1.807, 2.05) is 30.3 Å². The van der Waals surface area contributed by atoms with Crippen LogP contribution < -0.4 is 11.1 Å². The molecule has 0 unspecified atom stereocenters. The molecular weight excluding hydrogens is 386 g/mol. The zero-order valence-corrected chi connectivity index (χ0v) is 16.5. The summed E-state index contributed by atoms with van der Waals surface area (Å²) < 4.78 is 24.6. The lowest BCUT2D eigenvalue weighted by atomic mass is 9.97. The zero-order chi connectivity index (χ0) is 19.6. The number of carbonyl (C=O) groups excluding carboxylic acids is 2. The Morgan fingerprint density at radius 1 is 1.19 bits per heavy atom. The van der Waals surface area contributed by atoms with Crippen LogP contribution in [0.3, 0.4) is 0 Å². The monoisotopic (exact) mass is 407 g/mol. The average molecular weight is 408 g/mol. The molecule has 1 fully saturated rings. The number of rotatable bonds is 5. The Hall–Kier alpha value is -2.23. The van der Waals surface area contributed by atoms with Gasteiger partial charge in [-0.25, -0.2) is 12.7 Å². The van der Waals surface area contributed by atoms with Crippen LogP contribution in [0.15, 0.2) is 36.4 Å². The Morgan fingerprint density at radius 2 is 1.81 bits per heavy atom. The number of hydrogen-bond acceptors (Lipinski definition) is 5. The molecule has 9 heteroatoms. The Balaban J connectivity index is 1.74. The summed E-state index contributed by atoms with van der Waals surface area (Å²) in [4.78, 5) is 25.2. The highest BCUT2D eigenvalue weighted by atomic mass is 32.2. The summed E-state index contributed by atoms with van der Waals surface area (Å²) >= 11 is 1.30. The molecule has 2 aromatic rings. The lowest BCUT2D eigenvalue weighted by molar-refractivity contribution is -0.120. The second-order valence-corrected chi connectivity index (χ2v) is 9.54. The number of primary amides is 1. The highest BCUT2D eigenvalue weighted by molar-refractivity contribution is 7.88. The molecule has 1 saturated heterocycles. The number of carbonyl (C=O) groups is 2. The van der Waals surface area contributed by atoms with Crippen molar-refractivity contribution < 1.29 is 18.0 Å². The van der Waals surface area contributed by atoms with Crippen molar-refractivity contribution in [1.82, 2.24) is 4.31 Å². The molecule has 1 aromatic heterocycles. The van der Waals surface area contributed by atoms with Gasteiger partial charge in [0.25, 0.3) is 5.91 Å². The molecule has 2 heterocycles. The van der Waals surface area contributed by atoms with Gasteiger partial charge in [-0.3, -0.25) is 9.59 Å². The van der Waals surface area contributed by atoms with E-state index < -0.39 is 15.9 Å². The smallest absolute Gasteiger partial charge is 0.251 e. The predicted octanol–water partition coefficient (Wildman–Crippen LogP) is 2.12.